The number of aromatic carboxylic acids is 1. The van der Waals surface area contributed by atoms with Crippen LogP contribution in [0.1, 0.15) is 27.7 Å². The van der Waals surface area contributed by atoms with Crippen LogP contribution in [0, 0.1) is 6.92 Å². The van der Waals surface area contributed by atoms with Gasteiger partial charge in [0.1, 0.15) is 17.1 Å². The van der Waals surface area contributed by atoms with Gasteiger partial charge in [0.25, 0.3) is 0 Å². The molecule has 0 radical (unpaired) electrons. The lowest BCUT2D eigenvalue weighted by Crippen LogP contribution is -2.34. The molecule has 0 fully saturated rings. The van der Waals surface area contributed by atoms with Gasteiger partial charge in [-0.2, -0.15) is 4.98 Å². The number of hydrogen-bond donors (Lipinski definition) is 3. The Morgan fingerprint density at radius 3 is 2.70 bits per heavy atom. The fourth-order valence-corrected chi connectivity index (χ4v) is 1.50. The standard InChI is InChI=1S/C11H12N4O5/c1-6-8(10(16)17)2-7(20-6)3-12-11(18)13-4-9-14-5-19-15-9/h2,5H,3-4H2,1H3,(H,16,17)(H2,12,13,18). The SMILES string of the molecule is Cc1oc(CNC(=O)NCc2ncon2)cc1C(=O)O. The molecule has 0 aromatic carbocycles. The van der Waals surface area contributed by atoms with Gasteiger partial charge < -0.3 is 24.7 Å². The Morgan fingerprint density at radius 2 is 2.10 bits per heavy atom. The summed E-state index contributed by atoms with van der Waals surface area (Å²) in [6.45, 7) is 1.75. The van der Waals surface area contributed by atoms with Crippen molar-refractivity contribution in [2.45, 2.75) is 20.0 Å². The Kier molecular flexibility index (Phi) is 3.99. The summed E-state index contributed by atoms with van der Waals surface area (Å²) in [7, 11) is 0. The lowest BCUT2D eigenvalue weighted by atomic mass is 10.2. The number of furan rings is 1. The third-order valence-electron chi connectivity index (χ3n) is 2.44. The Bertz CT molecular complexity index is 604. The number of amides is 2. The Hall–Kier alpha value is -2.84. The van der Waals surface area contributed by atoms with Crippen LogP contribution < -0.4 is 10.6 Å². The highest BCUT2D eigenvalue weighted by molar-refractivity contribution is 5.88. The Morgan fingerprint density at radius 1 is 1.35 bits per heavy atom. The molecule has 0 bridgehead atoms. The van der Waals surface area contributed by atoms with Crippen LogP contribution in [0.2, 0.25) is 0 Å². The number of rotatable bonds is 5. The van der Waals surface area contributed by atoms with Crippen molar-refractivity contribution in [3.05, 3.63) is 35.4 Å². The molecule has 0 saturated heterocycles. The van der Waals surface area contributed by atoms with E-state index >= 15 is 0 Å². The summed E-state index contributed by atoms with van der Waals surface area (Å²) < 4.78 is 9.72. The second kappa shape index (κ2) is 5.87. The number of carboxylic acids is 1. The molecule has 2 aromatic rings. The van der Waals surface area contributed by atoms with Gasteiger partial charge in [-0.3, -0.25) is 0 Å². The summed E-state index contributed by atoms with van der Waals surface area (Å²) in [5.41, 5.74) is 0.0778. The fraction of sp³-hybridized carbons (Fsp3) is 0.273. The average molecular weight is 280 g/mol. The topological polar surface area (TPSA) is 130 Å². The minimum atomic E-state index is -1.07. The molecule has 2 rings (SSSR count). The first-order valence-electron chi connectivity index (χ1n) is 5.66. The van der Waals surface area contributed by atoms with Gasteiger partial charge in [-0.25, -0.2) is 9.59 Å². The van der Waals surface area contributed by atoms with Crippen LogP contribution in [-0.4, -0.2) is 27.2 Å². The van der Waals surface area contributed by atoms with Gasteiger partial charge in [-0.05, 0) is 13.0 Å². The van der Waals surface area contributed by atoms with Crippen molar-refractivity contribution in [1.29, 1.82) is 0 Å². The molecule has 0 aliphatic heterocycles. The van der Waals surface area contributed by atoms with Gasteiger partial charge in [0.15, 0.2) is 5.82 Å². The number of urea groups is 1. The van der Waals surface area contributed by atoms with Crippen LogP contribution in [0.4, 0.5) is 4.79 Å². The zero-order valence-corrected chi connectivity index (χ0v) is 10.5. The highest BCUT2D eigenvalue weighted by Gasteiger charge is 2.14. The molecular weight excluding hydrogens is 268 g/mol. The summed E-state index contributed by atoms with van der Waals surface area (Å²) in [5, 5.41) is 17.4. The molecule has 9 nitrogen and oxygen atoms in total. The van der Waals surface area contributed by atoms with Crippen molar-refractivity contribution in [1.82, 2.24) is 20.8 Å². The summed E-state index contributed by atoms with van der Waals surface area (Å²) >= 11 is 0. The van der Waals surface area contributed by atoms with E-state index < -0.39 is 12.0 Å². The van der Waals surface area contributed by atoms with Crippen molar-refractivity contribution < 1.29 is 23.6 Å². The molecule has 2 amide bonds. The van der Waals surface area contributed by atoms with Gasteiger partial charge in [0, 0.05) is 0 Å². The van der Waals surface area contributed by atoms with E-state index in [2.05, 4.69) is 25.3 Å². The predicted octanol–water partition coefficient (Wildman–Crippen LogP) is 0.669. The van der Waals surface area contributed by atoms with E-state index in [0.717, 1.165) is 6.39 Å². The first kappa shape index (κ1) is 13.6. The van der Waals surface area contributed by atoms with Gasteiger partial charge in [0.05, 0.1) is 13.1 Å². The van der Waals surface area contributed by atoms with Crippen molar-refractivity contribution in [2.75, 3.05) is 0 Å². The maximum absolute atomic E-state index is 11.5. The molecule has 106 valence electrons. The van der Waals surface area contributed by atoms with Crippen molar-refractivity contribution >= 4 is 12.0 Å². The number of carbonyl (C=O) groups is 2. The van der Waals surface area contributed by atoms with Gasteiger partial charge in [0.2, 0.25) is 6.39 Å². The number of carboxylic acid groups (broad SMARTS) is 1. The van der Waals surface area contributed by atoms with E-state index in [4.69, 9.17) is 9.52 Å². The second-order valence-corrected chi connectivity index (χ2v) is 3.87. The molecule has 0 aliphatic carbocycles. The number of nitrogens with one attached hydrogen (secondary N) is 2. The Labute approximate surface area is 113 Å². The van der Waals surface area contributed by atoms with Crippen molar-refractivity contribution in [3.8, 4) is 0 Å². The van der Waals surface area contributed by atoms with Crippen molar-refractivity contribution in [3.63, 3.8) is 0 Å². The normalized spacial score (nSPS) is 10.2. The van der Waals surface area contributed by atoms with Crippen molar-refractivity contribution in [2.24, 2.45) is 0 Å². The minimum absolute atomic E-state index is 0.0756. The van der Waals surface area contributed by atoms with Crippen LogP contribution in [0.15, 0.2) is 21.4 Å². The monoisotopic (exact) mass is 280 g/mol. The minimum Gasteiger partial charge on any atom is -0.478 e. The molecule has 2 aromatic heterocycles. The summed E-state index contributed by atoms with van der Waals surface area (Å²) in [6, 6.07) is 0.914. The van der Waals surface area contributed by atoms with Gasteiger partial charge >= 0.3 is 12.0 Å². The Balaban J connectivity index is 1.81. The van der Waals surface area contributed by atoms with Crippen LogP contribution in [0.5, 0.6) is 0 Å². The number of aryl methyl sites for hydroxylation is 1. The third-order valence-corrected chi connectivity index (χ3v) is 2.44. The maximum Gasteiger partial charge on any atom is 0.339 e. The number of aromatic nitrogens is 2. The van der Waals surface area contributed by atoms with E-state index in [1.807, 2.05) is 0 Å². The highest BCUT2D eigenvalue weighted by Crippen LogP contribution is 2.14. The molecule has 2 heterocycles. The fourth-order valence-electron chi connectivity index (χ4n) is 1.50. The summed E-state index contributed by atoms with van der Waals surface area (Å²) in [6.07, 6.45) is 1.16. The molecule has 0 spiro atoms. The van der Waals surface area contributed by atoms with Crippen LogP contribution in [0.3, 0.4) is 0 Å². The number of hydrogen-bond acceptors (Lipinski definition) is 6. The lowest BCUT2D eigenvalue weighted by molar-refractivity contribution is 0.0695. The largest absolute Gasteiger partial charge is 0.478 e. The molecule has 20 heavy (non-hydrogen) atoms. The number of nitrogens with zero attached hydrogens (tertiary/aromatic N) is 2. The summed E-state index contributed by atoms with van der Waals surface area (Å²) in [5.74, 6) is -0.0719. The van der Waals surface area contributed by atoms with Gasteiger partial charge in [-0.1, -0.05) is 5.16 Å². The zero-order valence-electron chi connectivity index (χ0n) is 10.5. The second-order valence-electron chi connectivity index (χ2n) is 3.87. The molecule has 0 aliphatic rings. The molecule has 0 saturated carbocycles. The van der Waals surface area contributed by atoms with E-state index in [1.165, 1.54) is 6.07 Å². The maximum atomic E-state index is 11.5. The van der Waals surface area contributed by atoms with Crippen LogP contribution >= 0.6 is 0 Å². The third kappa shape index (κ3) is 3.34. The quantitative estimate of drug-likeness (QED) is 0.733. The number of carbonyl (C=O) groups excluding carboxylic acids is 1. The predicted molar refractivity (Wildman–Crippen MR) is 63.8 cm³/mol. The smallest absolute Gasteiger partial charge is 0.339 e. The van der Waals surface area contributed by atoms with E-state index in [0.29, 0.717) is 17.3 Å². The molecule has 3 N–H and O–H groups in total. The zero-order chi connectivity index (χ0) is 14.5. The van der Waals surface area contributed by atoms with E-state index in [1.54, 1.807) is 6.92 Å². The molecule has 0 unspecified atom stereocenters. The van der Waals surface area contributed by atoms with E-state index in [9.17, 15) is 9.59 Å². The average Bonchev–Trinajstić information content (AvgIpc) is 3.03. The highest BCUT2D eigenvalue weighted by atomic mass is 16.5. The first-order chi connectivity index (χ1) is 9.56. The first-order valence-corrected chi connectivity index (χ1v) is 5.66. The van der Waals surface area contributed by atoms with E-state index in [-0.39, 0.29) is 18.7 Å². The molecule has 9 heteroatoms. The lowest BCUT2D eigenvalue weighted by Gasteiger charge is -2.03. The summed E-state index contributed by atoms with van der Waals surface area (Å²) in [4.78, 5) is 26.0. The van der Waals surface area contributed by atoms with Crippen LogP contribution in [0.25, 0.3) is 0 Å². The van der Waals surface area contributed by atoms with Gasteiger partial charge in [-0.15, -0.1) is 0 Å². The molecular formula is C11H12N4O5. The van der Waals surface area contributed by atoms with Crippen LogP contribution in [-0.2, 0) is 13.1 Å². The molecule has 0 atom stereocenters.